The Morgan fingerprint density at radius 2 is 2.00 bits per heavy atom. The molecule has 0 saturated heterocycles. The van der Waals surface area contributed by atoms with E-state index in [-0.39, 0.29) is 23.0 Å². The Labute approximate surface area is 173 Å². The van der Waals surface area contributed by atoms with E-state index in [0.717, 1.165) is 25.7 Å². The van der Waals surface area contributed by atoms with Crippen LogP contribution in [0.15, 0.2) is 11.6 Å². The third kappa shape index (κ3) is 2.65. The monoisotopic (exact) mass is 402 g/mol. The summed E-state index contributed by atoms with van der Waals surface area (Å²) in [5.41, 5.74) is -0.235. The molecule has 0 aliphatic heterocycles. The molecule has 0 amide bonds. The van der Waals surface area contributed by atoms with Crippen molar-refractivity contribution in [1.82, 2.24) is 0 Å². The lowest BCUT2D eigenvalue weighted by molar-refractivity contribution is -0.189. The highest BCUT2D eigenvalue weighted by Crippen LogP contribution is 2.68. The molecule has 3 fully saturated rings. The number of carbonyl (C=O) groups excluding carboxylic acids is 3. The molecule has 0 unspecified atom stereocenters. The van der Waals surface area contributed by atoms with Crippen molar-refractivity contribution in [2.45, 2.75) is 78.2 Å². The molecule has 4 aliphatic rings. The van der Waals surface area contributed by atoms with Gasteiger partial charge in [-0.2, -0.15) is 0 Å². The van der Waals surface area contributed by atoms with E-state index in [4.69, 9.17) is 4.74 Å². The lowest BCUT2D eigenvalue weighted by atomic mass is 9.48. The van der Waals surface area contributed by atoms with Crippen molar-refractivity contribution in [1.29, 1.82) is 0 Å². The quantitative estimate of drug-likeness (QED) is 0.576. The van der Waals surface area contributed by atoms with Gasteiger partial charge >= 0.3 is 5.97 Å². The van der Waals surface area contributed by atoms with Gasteiger partial charge in [0.25, 0.3) is 0 Å². The molecule has 0 aromatic rings. The molecular weight excluding hydrogens is 368 g/mol. The maximum Gasteiger partial charge on any atom is 0.303 e. The van der Waals surface area contributed by atoms with Gasteiger partial charge in [0.05, 0.1) is 0 Å². The molecule has 4 aliphatic carbocycles. The number of aliphatic hydroxyl groups is 1. The number of esters is 1. The zero-order chi connectivity index (χ0) is 21.2. The molecule has 5 heteroatoms. The van der Waals surface area contributed by atoms with E-state index in [1.54, 1.807) is 0 Å². The molecular formula is C24H34O5. The number of hydrogen-bond donors (Lipinski definition) is 1. The van der Waals surface area contributed by atoms with E-state index < -0.39 is 23.6 Å². The summed E-state index contributed by atoms with van der Waals surface area (Å²) in [6.45, 7) is 7.16. The Bertz CT molecular complexity index is 784. The van der Waals surface area contributed by atoms with Crippen molar-refractivity contribution in [2.24, 2.45) is 34.5 Å². The number of Topliss-reactive ketones (excluding diaryl/α,β-unsaturated/α-hetero) is 2. The number of carbonyl (C=O) groups is 3. The third-order valence-electron chi connectivity index (χ3n) is 9.25. The van der Waals surface area contributed by atoms with E-state index in [1.165, 1.54) is 12.5 Å². The van der Waals surface area contributed by atoms with Gasteiger partial charge in [-0.3, -0.25) is 14.4 Å². The van der Waals surface area contributed by atoms with Crippen molar-refractivity contribution in [2.75, 3.05) is 6.61 Å². The summed E-state index contributed by atoms with van der Waals surface area (Å²) in [5.74, 6) is 0.447. The zero-order valence-corrected chi connectivity index (χ0v) is 18.1. The third-order valence-corrected chi connectivity index (χ3v) is 9.25. The minimum atomic E-state index is -1.26. The summed E-state index contributed by atoms with van der Waals surface area (Å²) >= 11 is 0. The SMILES string of the molecule is CC(=O)O[C@]1(C(=O)CO)[C@H](C)C[C@H]2[C@@H]3CC[C@H]4CC(=O)CC[C@]4(C)C3=CC[C@@]21C. The molecule has 1 N–H and O–H groups in total. The average Bonchev–Trinajstić information content (AvgIpc) is 2.89. The molecule has 4 rings (SSSR count). The number of aliphatic hydroxyl groups excluding tert-OH is 1. The maximum atomic E-state index is 13.0. The molecule has 3 saturated carbocycles. The van der Waals surface area contributed by atoms with Crippen LogP contribution < -0.4 is 0 Å². The van der Waals surface area contributed by atoms with Crippen LogP contribution in [0.2, 0.25) is 0 Å². The van der Waals surface area contributed by atoms with Gasteiger partial charge in [-0.1, -0.05) is 32.4 Å². The van der Waals surface area contributed by atoms with E-state index in [9.17, 15) is 19.5 Å². The van der Waals surface area contributed by atoms with Gasteiger partial charge in [0.1, 0.15) is 12.4 Å². The van der Waals surface area contributed by atoms with Gasteiger partial charge in [0, 0.05) is 31.1 Å². The summed E-state index contributed by atoms with van der Waals surface area (Å²) in [6.07, 6.45) is 8.14. The highest BCUT2D eigenvalue weighted by Gasteiger charge is 2.70. The van der Waals surface area contributed by atoms with Crippen LogP contribution in [0.25, 0.3) is 0 Å². The number of hydrogen-bond acceptors (Lipinski definition) is 5. The molecule has 160 valence electrons. The van der Waals surface area contributed by atoms with E-state index >= 15 is 0 Å². The maximum absolute atomic E-state index is 13.0. The first-order valence-corrected chi connectivity index (χ1v) is 11.2. The molecule has 0 aromatic carbocycles. The van der Waals surface area contributed by atoms with E-state index in [2.05, 4.69) is 19.9 Å². The number of ether oxygens (including phenoxy) is 1. The highest BCUT2D eigenvalue weighted by atomic mass is 16.6. The molecule has 0 spiro atoms. The van der Waals surface area contributed by atoms with Crippen LogP contribution >= 0.6 is 0 Å². The van der Waals surface area contributed by atoms with Gasteiger partial charge < -0.3 is 9.84 Å². The summed E-state index contributed by atoms with van der Waals surface area (Å²) < 4.78 is 5.84. The van der Waals surface area contributed by atoms with Crippen molar-refractivity contribution < 1.29 is 24.2 Å². The Hall–Kier alpha value is -1.49. The van der Waals surface area contributed by atoms with Crippen molar-refractivity contribution in [3.05, 3.63) is 11.6 Å². The summed E-state index contributed by atoms with van der Waals surface area (Å²) in [4.78, 5) is 37.1. The summed E-state index contributed by atoms with van der Waals surface area (Å²) in [6, 6.07) is 0. The smallest absolute Gasteiger partial charge is 0.303 e. The average molecular weight is 403 g/mol. The number of allylic oxidation sites excluding steroid dienone is 2. The second kappa shape index (κ2) is 6.76. The first kappa shape index (κ1) is 20.8. The molecule has 0 aromatic heterocycles. The Kier molecular flexibility index (Phi) is 4.84. The molecule has 0 heterocycles. The number of rotatable bonds is 3. The Morgan fingerprint density at radius 3 is 2.66 bits per heavy atom. The first-order valence-electron chi connectivity index (χ1n) is 11.2. The van der Waals surface area contributed by atoms with Gasteiger partial charge in [-0.05, 0) is 55.3 Å². The van der Waals surface area contributed by atoms with Gasteiger partial charge in [-0.25, -0.2) is 0 Å². The Morgan fingerprint density at radius 1 is 1.28 bits per heavy atom. The lowest BCUT2D eigenvalue weighted by Gasteiger charge is -2.57. The molecule has 29 heavy (non-hydrogen) atoms. The minimum Gasteiger partial charge on any atom is -0.450 e. The fourth-order valence-electron chi connectivity index (χ4n) is 7.86. The fraction of sp³-hybridized carbons (Fsp3) is 0.792. The predicted molar refractivity (Wildman–Crippen MR) is 108 cm³/mol. The van der Waals surface area contributed by atoms with Crippen molar-refractivity contribution >= 4 is 17.5 Å². The molecule has 7 atom stereocenters. The van der Waals surface area contributed by atoms with Gasteiger partial charge in [0.15, 0.2) is 5.60 Å². The van der Waals surface area contributed by atoms with E-state index in [0.29, 0.717) is 36.9 Å². The second-order valence-electron chi connectivity index (χ2n) is 10.5. The van der Waals surface area contributed by atoms with Crippen LogP contribution in [-0.4, -0.2) is 34.9 Å². The van der Waals surface area contributed by atoms with E-state index in [1.807, 2.05) is 6.92 Å². The van der Waals surface area contributed by atoms with Gasteiger partial charge in [-0.15, -0.1) is 0 Å². The van der Waals surface area contributed by atoms with Crippen LogP contribution in [0.5, 0.6) is 0 Å². The topological polar surface area (TPSA) is 80.7 Å². The predicted octanol–water partition coefficient (Wildman–Crippen LogP) is 3.63. The minimum absolute atomic E-state index is 0.0645. The second-order valence-corrected chi connectivity index (χ2v) is 10.5. The van der Waals surface area contributed by atoms with Gasteiger partial charge in [0.2, 0.25) is 5.78 Å². The van der Waals surface area contributed by atoms with Crippen LogP contribution in [0.3, 0.4) is 0 Å². The van der Waals surface area contributed by atoms with Crippen molar-refractivity contribution in [3.63, 3.8) is 0 Å². The summed E-state index contributed by atoms with van der Waals surface area (Å²) in [5, 5.41) is 9.76. The summed E-state index contributed by atoms with van der Waals surface area (Å²) in [7, 11) is 0. The zero-order valence-electron chi connectivity index (χ0n) is 18.1. The molecule has 5 nitrogen and oxygen atoms in total. The molecule has 0 radical (unpaired) electrons. The Balaban J connectivity index is 1.78. The van der Waals surface area contributed by atoms with Crippen LogP contribution in [0.1, 0.15) is 72.6 Å². The normalized spacial score (nSPS) is 46.2. The largest absolute Gasteiger partial charge is 0.450 e. The number of ketones is 2. The van der Waals surface area contributed by atoms with Crippen LogP contribution in [0.4, 0.5) is 0 Å². The lowest BCUT2D eigenvalue weighted by Crippen LogP contribution is -2.60. The standard InChI is InChI=1S/C24H34O5/c1-14-11-20-18-6-5-16-12-17(27)7-9-22(16,3)19(18)8-10-23(20,4)24(14,21(28)13-25)29-15(2)26/h8,14,16,18,20,25H,5-7,9-13H2,1-4H3/t14-,16+,18-,20+,22+,23+,24+/m1/s1. The van der Waals surface area contributed by atoms with Crippen molar-refractivity contribution in [3.8, 4) is 0 Å². The molecule has 0 bridgehead atoms. The van der Waals surface area contributed by atoms with Crippen LogP contribution in [0, 0.1) is 34.5 Å². The fourth-order valence-corrected chi connectivity index (χ4v) is 7.86. The first-order chi connectivity index (χ1) is 13.6. The van der Waals surface area contributed by atoms with Crippen LogP contribution in [-0.2, 0) is 19.1 Å². The highest BCUT2D eigenvalue weighted by molar-refractivity contribution is 5.92. The number of fused-ring (bicyclic) bond motifs is 5.